The number of ether oxygens (including phenoxy) is 1. The van der Waals surface area contributed by atoms with Crippen molar-refractivity contribution >= 4 is 0 Å². The highest BCUT2D eigenvalue weighted by atomic mass is 16.6. The second-order valence-electron chi connectivity index (χ2n) is 9.50. The van der Waals surface area contributed by atoms with Crippen molar-refractivity contribution in [3.63, 3.8) is 0 Å². The Morgan fingerprint density at radius 2 is 1.78 bits per heavy atom. The molecule has 4 atom stereocenters. The third kappa shape index (κ3) is 2.07. The Kier molecular flexibility index (Phi) is 3.29. The number of quaternary nitrogens is 1. The highest BCUT2D eigenvalue weighted by Gasteiger charge is 2.76. The van der Waals surface area contributed by atoms with Gasteiger partial charge in [0.2, 0.25) is 0 Å². The normalized spacial score (nSPS) is 43.2. The Bertz CT molecular complexity index is 586. The first-order valence-electron chi connectivity index (χ1n) is 9.38. The second kappa shape index (κ2) is 4.83. The van der Waals surface area contributed by atoms with Gasteiger partial charge in [-0.25, -0.2) is 0 Å². The summed E-state index contributed by atoms with van der Waals surface area (Å²) in [5.74, 6) is 0.741. The maximum atomic E-state index is 6.34. The summed E-state index contributed by atoms with van der Waals surface area (Å²) >= 11 is 0. The molecule has 2 aliphatic carbocycles. The van der Waals surface area contributed by atoms with Gasteiger partial charge in [-0.2, -0.15) is 0 Å². The average molecular weight is 314 g/mol. The van der Waals surface area contributed by atoms with Crippen LogP contribution in [0.3, 0.4) is 0 Å². The van der Waals surface area contributed by atoms with E-state index in [-0.39, 0.29) is 16.6 Å². The monoisotopic (exact) mass is 314 g/mol. The molecule has 0 amide bonds. The molecule has 1 heterocycles. The van der Waals surface area contributed by atoms with E-state index in [1.165, 1.54) is 44.1 Å². The van der Waals surface area contributed by atoms with E-state index in [1.807, 2.05) is 0 Å². The van der Waals surface area contributed by atoms with Gasteiger partial charge in [0, 0.05) is 18.3 Å². The first-order chi connectivity index (χ1) is 10.8. The minimum atomic E-state index is -0.000394. The Balaban J connectivity index is 1.87. The van der Waals surface area contributed by atoms with Crippen molar-refractivity contribution in [2.75, 3.05) is 6.61 Å². The van der Waals surface area contributed by atoms with E-state index in [9.17, 15) is 0 Å². The molecule has 2 nitrogen and oxygen atoms in total. The third-order valence-corrected chi connectivity index (χ3v) is 7.44. The molecule has 126 valence electrons. The van der Waals surface area contributed by atoms with Crippen LogP contribution in [0.5, 0.6) is 0 Å². The molecule has 2 saturated carbocycles. The van der Waals surface area contributed by atoms with Crippen LogP contribution in [0.25, 0.3) is 0 Å². The van der Waals surface area contributed by atoms with Crippen molar-refractivity contribution < 1.29 is 10.5 Å². The van der Waals surface area contributed by atoms with Crippen LogP contribution in [0.1, 0.15) is 64.9 Å². The first-order valence-corrected chi connectivity index (χ1v) is 9.38. The molecule has 1 saturated heterocycles. The molecule has 3 N–H and O–H groups in total. The van der Waals surface area contributed by atoms with Crippen molar-refractivity contribution in [3.8, 4) is 0 Å². The smallest absolute Gasteiger partial charge is 0.155 e. The molecule has 4 rings (SSSR count). The zero-order valence-electron chi connectivity index (χ0n) is 15.0. The van der Waals surface area contributed by atoms with E-state index >= 15 is 0 Å². The molecule has 1 aliphatic heterocycles. The molecule has 23 heavy (non-hydrogen) atoms. The lowest BCUT2D eigenvalue weighted by Crippen LogP contribution is -2.83. The molecular formula is C21H32NO+. The lowest BCUT2D eigenvalue weighted by Gasteiger charge is -2.50. The van der Waals surface area contributed by atoms with Gasteiger partial charge in [-0.3, -0.25) is 0 Å². The van der Waals surface area contributed by atoms with Gasteiger partial charge in [-0.15, -0.1) is 0 Å². The highest BCUT2D eigenvalue weighted by Crippen LogP contribution is 2.65. The molecule has 0 aromatic heterocycles. The first kappa shape index (κ1) is 15.7. The van der Waals surface area contributed by atoms with Gasteiger partial charge in [-0.1, -0.05) is 51.1 Å². The van der Waals surface area contributed by atoms with Gasteiger partial charge >= 0.3 is 0 Å². The van der Waals surface area contributed by atoms with Crippen LogP contribution < -0.4 is 5.73 Å². The van der Waals surface area contributed by atoms with Crippen LogP contribution in [0.4, 0.5) is 0 Å². The van der Waals surface area contributed by atoms with Crippen molar-refractivity contribution in [2.45, 2.75) is 75.9 Å². The lowest BCUT2D eigenvalue weighted by molar-refractivity contribution is -0.505. The van der Waals surface area contributed by atoms with Crippen LogP contribution in [0.2, 0.25) is 0 Å². The fourth-order valence-corrected chi connectivity index (χ4v) is 5.85. The van der Waals surface area contributed by atoms with Crippen LogP contribution in [-0.4, -0.2) is 17.7 Å². The van der Waals surface area contributed by atoms with Crippen LogP contribution in [-0.2, 0) is 10.2 Å². The minimum Gasteiger partial charge on any atom is -0.362 e. The van der Waals surface area contributed by atoms with Crippen LogP contribution in [0.15, 0.2) is 30.3 Å². The summed E-state index contributed by atoms with van der Waals surface area (Å²) in [4.78, 5) is 0. The quantitative estimate of drug-likeness (QED) is 0.789. The molecule has 1 spiro atoms. The number of rotatable bonds is 1. The summed E-state index contributed by atoms with van der Waals surface area (Å²) in [6.07, 6.45) is 7.58. The Morgan fingerprint density at radius 3 is 2.39 bits per heavy atom. The maximum Gasteiger partial charge on any atom is 0.155 e. The summed E-state index contributed by atoms with van der Waals surface area (Å²) in [5, 5.41) is 0. The van der Waals surface area contributed by atoms with Gasteiger partial charge in [0.1, 0.15) is 5.54 Å². The SMILES string of the molecule is CC(C)(C)[C@@H]1CCC2([NH3+])CCC[C@](c3ccccc3)(C1)[C@]21CO1. The molecule has 1 unspecified atom stereocenters. The summed E-state index contributed by atoms with van der Waals surface area (Å²) in [6, 6.07) is 11.2. The number of epoxide rings is 1. The minimum absolute atomic E-state index is 0.000394. The van der Waals surface area contributed by atoms with Crippen molar-refractivity contribution in [1.82, 2.24) is 0 Å². The molecule has 1 aromatic rings. The molecule has 3 fully saturated rings. The van der Waals surface area contributed by atoms with Gasteiger partial charge in [0.25, 0.3) is 0 Å². The van der Waals surface area contributed by atoms with Gasteiger partial charge < -0.3 is 10.5 Å². The van der Waals surface area contributed by atoms with Gasteiger partial charge in [-0.05, 0) is 42.6 Å². The van der Waals surface area contributed by atoms with Crippen LogP contribution >= 0.6 is 0 Å². The predicted octanol–water partition coefficient (Wildman–Crippen LogP) is 3.70. The highest BCUT2D eigenvalue weighted by molar-refractivity contribution is 5.38. The Hall–Kier alpha value is -0.860. The molecule has 0 radical (unpaired) electrons. The van der Waals surface area contributed by atoms with Crippen molar-refractivity contribution in [2.24, 2.45) is 11.3 Å². The van der Waals surface area contributed by atoms with E-state index in [4.69, 9.17) is 10.5 Å². The molecule has 3 aliphatic rings. The summed E-state index contributed by atoms with van der Waals surface area (Å²) in [6.45, 7) is 8.17. The summed E-state index contributed by atoms with van der Waals surface area (Å²) < 4.78 is 6.34. The largest absolute Gasteiger partial charge is 0.362 e. The zero-order valence-corrected chi connectivity index (χ0v) is 15.0. The van der Waals surface area contributed by atoms with E-state index in [0.717, 1.165) is 12.5 Å². The third-order valence-electron chi connectivity index (χ3n) is 7.44. The zero-order chi connectivity index (χ0) is 16.3. The molecule has 2 bridgehead atoms. The molecule has 1 aromatic carbocycles. The topological polar surface area (TPSA) is 40.2 Å². The fourth-order valence-electron chi connectivity index (χ4n) is 5.85. The summed E-state index contributed by atoms with van der Waals surface area (Å²) in [5.41, 5.74) is 6.92. The fraction of sp³-hybridized carbons (Fsp3) is 0.714. The van der Waals surface area contributed by atoms with Crippen LogP contribution in [0, 0.1) is 11.3 Å². The number of hydrogen-bond acceptors (Lipinski definition) is 1. The maximum absolute atomic E-state index is 6.34. The summed E-state index contributed by atoms with van der Waals surface area (Å²) in [7, 11) is 0. The van der Waals surface area contributed by atoms with E-state index < -0.39 is 0 Å². The standard InChI is InChI=1S/C21H31NO/c1-18(2,3)17-10-13-20(22)12-7-11-19(14-17,21(20)15-23-21)16-8-5-4-6-9-16/h4-6,8-9,17H,7,10-15,22H2,1-3H3/p+1/t17-,19-,20?,21-/m1/s1. The van der Waals surface area contributed by atoms with Gasteiger partial charge in [0.05, 0.1) is 6.61 Å². The molecular weight excluding hydrogens is 282 g/mol. The number of hydrogen-bond donors (Lipinski definition) is 1. The van der Waals surface area contributed by atoms with Crippen molar-refractivity contribution in [3.05, 3.63) is 35.9 Å². The van der Waals surface area contributed by atoms with Crippen molar-refractivity contribution in [1.29, 1.82) is 0 Å². The van der Waals surface area contributed by atoms with Gasteiger partial charge in [0.15, 0.2) is 5.60 Å². The Labute approximate surface area is 140 Å². The van der Waals surface area contributed by atoms with E-state index in [1.54, 1.807) is 0 Å². The predicted molar refractivity (Wildman–Crippen MR) is 93.1 cm³/mol. The number of benzene rings is 1. The molecule has 2 heteroatoms. The van der Waals surface area contributed by atoms with E-state index in [0.29, 0.717) is 5.41 Å². The van der Waals surface area contributed by atoms with E-state index in [2.05, 4.69) is 51.1 Å². The Morgan fingerprint density at radius 1 is 1.09 bits per heavy atom. The second-order valence-corrected chi connectivity index (χ2v) is 9.50. The average Bonchev–Trinajstić information content (AvgIpc) is 3.31. The lowest BCUT2D eigenvalue weighted by atomic mass is 9.53.